The summed E-state index contributed by atoms with van der Waals surface area (Å²) < 4.78 is 10.0. The van der Waals surface area contributed by atoms with Gasteiger partial charge in [0.05, 0.1) is 7.11 Å². The van der Waals surface area contributed by atoms with E-state index >= 15 is 0 Å². The highest BCUT2D eigenvalue weighted by Crippen LogP contribution is 2.19. The zero-order valence-electron chi connectivity index (χ0n) is 13.1. The highest BCUT2D eigenvalue weighted by molar-refractivity contribution is 5.94. The van der Waals surface area contributed by atoms with E-state index < -0.39 is 12.1 Å². The Kier molecular flexibility index (Phi) is 5.81. The van der Waals surface area contributed by atoms with Gasteiger partial charge in [-0.2, -0.15) is 0 Å². The molecule has 0 spiro atoms. The van der Waals surface area contributed by atoms with E-state index in [1.807, 2.05) is 0 Å². The molecule has 2 rings (SSSR count). The fourth-order valence-corrected chi connectivity index (χ4v) is 2.62. The second-order valence-corrected chi connectivity index (χ2v) is 5.62. The van der Waals surface area contributed by atoms with Crippen molar-refractivity contribution in [1.82, 2.24) is 5.32 Å². The molecule has 0 aliphatic heterocycles. The summed E-state index contributed by atoms with van der Waals surface area (Å²) in [5.41, 5.74) is 0.601. The molecule has 1 aromatic rings. The van der Waals surface area contributed by atoms with Crippen LogP contribution >= 0.6 is 0 Å². The summed E-state index contributed by atoms with van der Waals surface area (Å²) in [7, 11) is 1.32. The average molecular weight is 305 g/mol. The van der Waals surface area contributed by atoms with E-state index in [9.17, 15) is 9.59 Å². The van der Waals surface area contributed by atoms with E-state index in [0.29, 0.717) is 11.3 Å². The van der Waals surface area contributed by atoms with Crippen molar-refractivity contribution in [1.29, 1.82) is 0 Å². The van der Waals surface area contributed by atoms with Crippen LogP contribution in [-0.2, 0) is 9.53 Å². The molecule has 0 aromatic heterocycles. The fourth-order valence-electron chi connectivity index (χ4n) is 2.62. The van der Waals surface area contributed by atoms with Crippen molar-refractivity contribution in [3.63, 3.8) is 0 Å². The highest BCUT2D eigenvalue weighted by atomic mass is 16.6. The summed E-state index contributed by atoms with van der Waals surface area (Å²) in [5, 5.41) is 3.07. The van der Waals surface area contributed by atoms with Gasteiger partial charge in [-0.1, -0.05) is 19.3 Å². The number of rotatable bonds is 5. The van der Waals surface area contributed by atoms with Crippen molar-refractivity contribution in [2.75, 3.05) is 7.11 Å². The molecule has 1 aliphatic rings. The van der Waals surface area contributed by atoms with Crippen LogP contribution in [0.4, 0.5) is 0 Å². The van der Waals surface area contributed by atoms with Gasteiger partial charge in [0.2, 0.25) is 0 Å². The largest absolute Gasteiger partial charge is 0.479 e. The van der Waals surface area contributed by atoms with E-state index in [-0.39, 0.29) is 11.9 Å². The average Bonchev–Trinajstić information content (AvgIpc) is 2.55. The van der Waals surface area contributed by atoms with Crippen LogP contribution in [0.3, 0.4) is 0 Å². The van der Waals surface area contributed by atoms with Gasteiger partial charge in [0.1, 0.15) is 5.75 Å². The maximum atomic E-state index is 12.2. The van der Waals surface area contributed by atoms with E-state index in [0.717, 1.165) is 12.8 Å². The van der Waals surface area contributed by atoms with E-state index in [2.05, 4.69) is 10.1 Å². The number of carbonyl (C=O) groups excluding carboxylic acids is 2. The van der Waals surface area contributed by atoms with Crippen LogP contribution < -0.4 is 10.1 Å². The number of methoxy groups -OCH3 is 1. The number of benzene rings is 1. The van der Waals surface area contributed by atoms with Crippen LogP contribution in [0.5, 0.6) is 5.75 Å². The Hall–Kier alpha value is -2.04. The lowest BCUT2D eigenvalue weighted by Gasteiger charge is -2.22. The molecule has 120 valence electrons. The van der Waals surface area contributed by atoms with Crippen LogP contribution in [-0.4, -0.2) is 31.1 Å². The summed E-state index contributed by atoms with van der Waals surface area (Å²) in [6, 6.07) is 7.08. The molecule has 1 amide bonds. The summed E-state index contributed by atoms with van der Waals surface area (Å²) >= 11 is 0. The first kappa shape index (κ1) is 16.3. The van der Waals surface area contributed by atoms with Gasteiger partial charge in [-0.25, -0.2) is 4.79 Å². The number of ether oxygens (including phenoxy) is 2. The molecule has 0 bridgehead atoms. The van der Waals surface area contributed by atoms with Gasteiger partial charge < -0.3 is 14.8 Å². The molecule has 1 aromatic carbocycles. The molecule has 1 saturated carbocycles. The molecule has 5 heteroatoms. The lowest BCUT2D eigenvalue weighted by atomic mass is 9.95. The number of esters is 1. The van der Waals surface area contributed by atoms with Crippen LogP contribution in [0.1, 0.15) is 49.4 Å². The third-order valence-electron chi connectivity index (χ3n) is 3.90. The van der Waals surface area contributed by atoms with E-state index in [1.165, 1.54) is 26.4 Å². The van der Waals surface area contributed by atoms with Gasteiger partial charge in [-0.05, 0) is 44.0 Å². The molecule has 1 N–H and O–H groups in total. The second kappa shape index (κ2) is 7.82. The second-order valence-electron chi connectivity index (χ2n) is 5.62. The van der Waals surface area contributed by atoms with E-state index in [4.69, 9.17) is 4.74 Å². The van der Waals surface area contributed by atoms with Crippen molar-refractivity contribution >= 4 is 11.9 Å². The first-order chi connectivity index (χ1) is 10.6. The van der Waals surface area contributed by atoms with Crippen molar-refractivity contribution < 1.29 is 19.1 Å². The molecule has 0 heterocycles. The topological polar surface area (TPSA) is 64.6 Å². The molecule has 1 fully saturated rings. The van der Waals surface area contributed by atoms with E-state index in [1.54, 1.807) is 31.2 Å². The molecule has 0 radical (unpaired) electrons. The summed E-state index contributed by atoms with van der Waals surface area (Å²) in [4.78, 5) is 23.5. The summed E-state index contributed by atoms with van der Waals surface area (Å²) in [5.74, 6) is 0.0469. The quantitative estimate of drug-likeness (QED) is 0.850. The minimum absolute atomic E-state index is 0.0560. The predicted octanol–water partition coefficient (Wildman–Crippen LogP) is 2.69. The monoisotopic (exact) mass is 305 g/mol. The standard InChI is InChI=1S/C17H23NO4/c1-12(17(20)21-2)22-15-10-8-13(9-11-15)16(19)18-14-6-4-3-5-7-14/h8-12,14H,3-7H2,1-2H3,(H,18,19)/t12-/m0/s1. The molecular formula is C17H23NO4. The maximum Gasteiger partial charge on any atom is 0.346 e. The van der Waals surface area contributed by atoms with Crippen LogP contribution in [0.25, 0.3) is 0 Å². The van der Waals surface area contributed by atoms with Gasteiger partial charge in [0.25, 0.3) is 5.91 Å². The highest BCUT2D eigenvalue weighted by Gasteiger charge is 2.17. The predicted molar refractivity (Wildman–Crippen MR) is 82.9 cm³/mol. The number of carbonyl (C=O) groups is 2. The minimum atomic E-state index is -0.674. The van der Waals surface area contributed by atoms with Crippen molar-refractivity contribution in [3.05, 3.63) is 29.8 Å². The Labute approximate surface area is 131 Å². The summed E-state index contributed by atoms with van der Waals surface area (Å²) in [6.45, 7) is 1.62. The van der Waals surface area contributed by atoms with Crippen LogP contribution in [0, 0.1) is 0 Å². The van der Waals surface area contributed by atoms with Crippen molar-refractivity contribution in [2.24, 2.45) is 0 Å². The van der Waals surface area contributed by atoms with Crippen LogP contribution in [0.2, 0.25) is 0 Å². The normalized spacial score (nSPS) is 16.6. The number of nitrogens with one attached hydrogen (secondary N) is 1. The molecule has 0 saturated heterocycles. The number of hydrogen-bond donors (Lipinski definition) is 1. The lowest BCUT2D eigenvalue weighted by Crippen LogP contribution is -2.36. The van der Waals surface area contributed by atoms with Crippen LogP contribution in [0.15, 0.2) is 24.3 Å². The number of hydrogen-bond acceptors (Lipinski definition) is 4. The Morgan fingerprint density at radius 2 is 1.77 bits per heavy atom. The molecule has 5 nitrogen and oxygen atoms in total. The smallest absolute Gasteiger partial charge is 0.346 e. The fraction of sp³-hybridized carbons (Fsp3) is 0.529. The number of amides is 1. The minimum Gasteiger partial charge on any atom is -0.479 e. The van der Waals surface area contributed by atoms with Crippen molar-refractivity contribution in [3.8, 4) is 5.75 Å². The Morgan fingerprint density at radius 1 is 1.14 bits per heavy atom. The first-order valence-electron chi connectivity index (χ1n) is 7.75. The molecule has 0 unspecified atom stereocenters. The van der Waals surface area contributed by atoms with Gasteiger partial charge in [-0.15, -0.1) is 0 Å². The Balaban J connectivity index is 1.90. The maximum absolute atomic E-state index is 12.2. The lowest BCUT2D eigenvalue weighted by molar-refractivity contribution is -0.147. The first-order valence-corrected chi connectivity index (χ1v) is 7.75. The summed E-state index contributed by atoms with van der Waals surface area (Å²) in [6.07, 6.45) is 5.07. The molecule has 1 aliphatic carbocycles. The third-order valence-corrected chi connectivity index (χ3v) is 3.90. The third kappa shape index (κ3) is 4.48. The Morgan fingerprint density at radius 3 is 2.36 bits per heavy atom. The molecular weight excluding hydrogens is 282 g/mol. The SMILES string of the molecule is COC(=O)[C@H](C)Oc1ccc(C(=O)NC2CCCCC2)cc1. The zero-order valence-corrected chi connectivity index (χ0v) is 13.1. The van der Waals surface area contributed by atoms with Gasteiger partial charge in [-0.3, -0.25) is 4.79 Å². The molecule has 22 heavy (non-hydrogen) atoms. The van der Waals surface area contributed by atoms with Gasteiger partial charge in [0.15, 0.2) is 6.10 Å². The van der Waals surface area contributed by atoms with Crippen molar-refractivity contribution in [2.45, 2.75) is 51.2 Å². The van der Waals surface area contributed by atoms with Gasteiger partial charge >= 0.3 is 5.97 Å². The zero-order chi connectivity index (χ0) is 15.9. The Bertz CT molecular complexity index is 506. The van der Waals surface area contributed by atoms with Gasteiger partial charge in [0, 0.05) is 11.6 Å². The molecule has 1 atom stereocenters.